The van der Waals surface area contributed by atoms with Gasteiger partial charge in [-0.2, -0.15) is 0 Å². The molecule has 3 aromatic rings. The van der Waals surface area contributed by atoms with Crippen molar-refractivity contribution in [3.63, 3.8) is 0 Å². The predicted octanol–water partition coefficient (Wildman–Crippen LogP) is 6.22. The molecule has 0 bridgehead atoms. The molecule has 2 aliphatic rings. The van der Waals surface area contributed by atoms with Crippen molar-refractivity contribution in [2.45, 2.75) is 52.0 Å². The van der Waals surface area contributed by atoms with E-state index >= 15 is 0 Å². The van der Waals surface area contributed by atoms with Crippen molar-refractivity contribution in [1.82, 2.24) is 5.32 Å². The van der Waals surface area contributed by atoms with E-state index in [1.54, 1.807) is 11.3 Å². The minimum Gasteiger partial charge on any atom is -0.372 e. The highest BCUT2D eigenvalue weighted by molar-refractivity contribution is 7.16. The third kappa shape index (κ3) is 4.88. The Balaban J connectivity index is 1.39. The molecule has 5 heteroatoms. The first-order valence-corrected chi connectivity index (χ1v) is 12.9. The molecule has 0 radical (unpaired) electrons. The maximum atomic E-state index is 13.3. The Hall–Kier alpha value is -2.92. The maximum Gasteiger partial charge on any atom is 0.254 e. The van der Waals surface area contributed by atoms with Crippen molar-refractivity contribution in [2.75, 3.05) is 18.0 Å². The second-order valence-corrected chi connectivity index (χ2v) is 10.1. The van der Waals surface area contributed by atoms with Gasteiger partial charge in [0.1, 0.15) is 5.00 Å². The zero-order chi connectivity index (χ0) is 22.6. The Morgan fingerprint density at radius 3 is 2.64 bits per heavy atom. The zero-order valence-corrected chi connectivity index (χ0v) is 20.1. The van der Waals surface area contributed by atoms with Crippen LogP contribution in [0.15, 0.2) is 53.5 Å². The van der Waals surface area contributed by atoms with E-state index in [2.05, 4.69) is 35.3 Å². The van der Waals surface area contributed by atoms with E-state index in [1.165, 1.54) is 41.0 Å². The quantitative estimate of drug-likeness (QED) is 0.447. The number of hydrogen-bond acceptors (Lipinski definition) is 4. The topological polar surface area (TPSA) is 44.7 Å². The van der Waals surface area contributed by atoms with Gasteiger partial charge in [0.25, 0.3) is 5.91 Å². The van der Waals surface area contributed by atoms with Gasteiger partial charge in [0, 0.05) is 36.4 Å². The summed E-state index contributed by atoms with van der Waals surface area (Å²) in [4.78, 5) is 21.9. The third-order valence-corrected chi connectivity index (χ3v) is 7.92. The molecule has 1 aromatic heterocycles. The van der Waals surface area contributed by atoms with Gasteiger partial charge in [0.2, 0.25) is 0 Å². The molecular formula is C28H31N3OS. The largest absolute Gasteiger partial charge is 0.372 e. The number of nitrogens with one attached hydrogen (secondary N) is 1. The van der Waals surface area contributed by atoms with Gasteiger partial charge >= 0.3 is 0 Å². The van der Waals surface area contributed by atoms with Crippen molar-refractivity contribution >= 4 is 34.1 Å². The van der Waals surface area contributed by atoms with Crippen LogP contribution in [0, 0.1) is 6.92 Å². The highest BCUT2D eigenvalue weighted by Crippen LogP contribution is 2.40. The smallest absolute Gasteiger partial charge is 0.254 e. The fourth-order valence-corrected chi connectivity index (χ4v) is 6.08. The average Bonchev–Trinajstić information content (AvgIpc) is 3.50. The van der Waals surface area contributed by atoms with Crippen LogP contribution in [0.3, 0.4) is 0 Å². The summed E-state index contributed by atoms with van der Waals surface area (Å²) in [6, 6.07) is 16.7. The van der Waals surface area contributed by atoms with Crippen molar-refractivity contribution in [2.24, 2.45) is 4.99 Å². The fourth-order valence-electron chi connectivity index (χ4n) is 4.85. The molecule has 0 atom stereocenters. The SMILES string of the molecule is Cc1cc(N2CCCC2)ccc1C=Nc1sc2c(c1C(=O)NCc1ccccc1)CCCC2. The molecule has 170 valence electrons. The molecule has 1 aliphatic carbocycles. The van der Waals surface area contributed by atoms with E-state index in [0.717, 1.165) is 54.0 Å². The molecule has 33 heavy (non-hydrogen) atoms. The van der Waals surface area contributed by atoms with Crippen LogP contribution in [-0.4, -0.2) is 25.2 Å². The number of rotatable bonds is 6. The second kappa shape index (κ2) is 9.92. The summed E-state index contributed by atoms with van der Waals surface area (Å²) in [5.74, 6) is -0.00786. The van der Waals surface area contributed by atoms with E-state index in [9.17, 15) is 4.79 Å². The third-order valence-electron chi connectivity index (χ3n) is 6.72. The van der Waals surface area contributed by atoms with Crippen LogP contribution in [0.25, 0.3) is 0 Å². The van der Waals surface area contributed by atoms with Crippen LogP contribution in [0.1, 0.15) is 63.2 Å². The van der Waals surface area contributed by atoms with Gasteiger partial charge in [-0.25, -0.2) is 4.99 Å². The lowest BCUT2D eigenvalue weighted by Crippen LogP contribution is -2.24. The first-order chi connectivity index (χ1) is 16.2. The summed E-state index contributed by atoms with van der Waals surface area (Å²) in [7, 11) is 0. The number of nitrogens with zero attached hydrogens (tertiary/aromatic N) is 2. The zero-order valence-electron chi connectivity index (χ0n) is 19.3. The average molecular weight is 458 g/mol. The lowest BCUT2D eigenvalue weighted by Gasteiger charge is -2.18. The van der Waals surface area contributed by atoms with Gasteiger partial charge in [0.15, 0.2) is 0 Å². The lowest BCUT2D eigenvalue weighted by atomic mass is 9.95. The van der Waals surface area contributed by atoms with Gasteiger partial charge in [-0.05, 0) is 79.8 Å². The van der Waals surface area contributed by atoms with Crippen LogP contribution in [0.4, 0.5) is 10.7 Å². The minimum atomic E-state index is -0.00786. The molecule has 1 amide bonds. The van der Waals surface area contributed by atoms with Gasteiger partial charge in [-0.3, -0.25) is 4.79 Å². The van der Waals surface area contributed by atoms with Crippen molar-refractivity contribution < 1.29 is 4.79 Å². The summed E-state index contributed by atoms with van der Waals surface area (Å²) < 4.78 is 0. The number of thiophene rings is 1. The minimum absolute atomic E-state index is 0.00786. The van der Waals surface area contributed by atoms with E-state index in [4.69, 9.17) is 4.99 Å². The molecule has 0 spiro atoms. The van der Waals surface area contributed by atoms with Crippen LogP contribution < -0.4 is 10.2 Å². The highest BCUT2D eigenvalue weighted by Gasteiger charge is 2.25. The van der Waals surface area contributed by atoms with Crippen LogP contribution in [0.2, 0.25) is 0 Å². The van der Waals surface area contributed by atoms with Crippen LogP contribution in [-0.2, 0) is 19.4 Å². The molecule has 0 saturated carbocycles. The molecule has 2 heterocycles. The Morgan fingerprint density at radius 2 is 1.85 bits per heavy atom. The van der Waals surface area contributed by atoms with E-state index in [1.807, 2.05) is 36.5 Å². The molecule has 1 fully saturated rings. The fraction of sp³-hybridized carbons (Fsp3) is 0.357. The summed E-state index contributed by atoms with van der Waals surface area (Å²) >= 11 is 1.69. The Kier molecular flexibility index (Phi) is 6.58. The van der Waals surface area contributed by atoms with E-state index in [-0.39, 0.29) is 5.91 Å². The molecule has 4 nitrogen and oxygen atoms in total. The van der Waals surface area contributed by atoms with Crippen LogP contribution >= 0.6 is 11.3 Å². The van der Waals surface area contributed by atoms with Gasteiger partial charge < -0.3 is 10.2 Å². The Labute approximate surface area is 200 Å². The van der Waals surface area contributed by atoms with Crippen LogP contribution in [0.5, 0.6) is 0 Å². The molecule has 1 N–H and O–H groups in total. The standard InChI is InChI=1S/C28H31N3OS/c1-20-17-23(31-15-7-8-16-31)14-13-22(20)19-30-28-26(24-11-5-6-12-25(24)33-28)27(32)29-18-21-9-3-2-4-10-21/h2-4,9-10,13-14,17,19H,5-8,11-12,15-16,18H2,1H3,(H,29,32). The molecule has 0 unspecified atom stereocenters. The number of carbonyl (C=O) groups excluding carboxylic acids is 1. The number of anilines is 1. The Bertz CT molecular complexity index is 1160. The maximum absolute atomic E-state index is 13.3. The number of amides is 1. The summed E-state index contributed by atoms with van der Waals surface area (Å²) in [5, 5.41) is 3.97. The predicted molar refractivity (Wildman–Crippen MR) is 138 cm³/mol. The van der Waals surface area contributed by atoms with Gasteiger partial charge in [-0.15, -0.1) is 11.3 Å². The monoisotopic (exact) mass is 457 g/mol. The first kappa shape index (κ1) is 21.9. The Morgan fingerprint density at radius 1 is 1.06 bits per heavy atom. The molecule has 2 aromatic carbocycles. The highest BCUT2D eigenvalue weighted by atomic mass is 32.1. The lowest BCUT2D eigenvalue weighted by molar-refractivity contribution is 0.0951. The number of benzene rings is 2. The van der Waals surface area contributed by atoms with E-state index in [0.29, 0.717) is 6.54 Å². The number of aliphatic imine (C=N–C) groups is 1. The number of carbonyl (C=O) groups is 1. The second-order valence-electron chi connectivity index (χ2n) is 9.05. The molecule has 1 saturated heterocycles. The number of hydrogen-bond donors (Lipinski definition) is 1. The van der Waals surface area contributed by atoms with Crippen molar-refractivity contribution in [3.8, 4) is 0 Å². The van der Waals surface area contributed by atoms with Crippen molar-refractivity contribution in [1.29, 1.82) is 0 Å². The summed E-state index contributed by atoms with van der Waals surface area (Å²) in [6.07, 6.45) is 8.86. The normalized spacial score (nSPS) is 15.7. The summed E-state index contributed by atoms with van der Waals surface area (Å²) in [5.41, 5.74) is 6.74. The summed E-state index contributed by atoms with van der Waals surface area (Å²) in [6.45, 7) is 4.97. The van der Waals surface area contributed by atoms with Gasteiger partial charge in [0.05, 0.1) is 5.56 Å². The first-order valence-electron chi connectivity index (χ1n) is 12.1. The molecule has 1 aliphatic heterocycles. The number of aryl methyl sites for hydroxylation is 2. The molecule has 5 rings (SSSR count). The molecular weight excluding hydrogens is 426 g/mol. The number of fused-ring (bicyclic) bond motifs is 1. The van der Waals surface area contributed by atoms with E-state index < -0.39 is 0 Å². The van der Waals surface area contributed by atoms with Crippen molar-refractivity contribution in [3.05, 3.63) is 81.2 Å². The van der Waals surface area contributed by atoms with Gasteiger partial charge in [-0.1, -0.05) is 36.4 Å².